The molecule has 1 saturated heterocycles. The summed E-state index contributed by atoms with van der Waals surface area (Å²) in [6.07, 6.45) is -4.20. The first kappa shape index (κ1) is 26.2. The second-order valence-corrected chi connectivity index (χ2v) is 9.27. The van der Waals surface area contributed by atoms with Gasteiger partial charge in [-0.2, -0.15) is 18.2 Å². The van der Waals surface area contributed by atoms with Gasteiger partial charge in [-0.15, -0.1) is 0 Å². The van der Waals surface area contributed by atoms with Gasteiger partial charge < -0.3 is 24.8 Å². The quantitative estimate of drug-likeness (QED) is 0.462. The maximum absolute atomic E-state index is 14.7. The zero-order chi connectivity index (χ0) is 27.2. The lowest BCUT2D eigenvalue weighted by Gasteiger charge is -2.49. The molecule has 0 aliphatic carbocycles. The molecule has 3 heterocycles. The van der Waals surface area contributed by atoms with E-state index < -0.39 is 45.5 Å². The second kappa shape index (κ2) is 9.71. The van der Waals surface area contributed by atoms with Crippen LogP contribution in [0.2, 0.25) is 5.02 Å². The molecule has 1 atom stereocenters. The van der Waals surface area contributed by atoms with Crippen molar-refractivity contribution in [1.82, 2.24) is 9.55 Å². The monoisotopic (exact) mass is 558 g/mol. The maximum Gasteiger partial charge on any atom is 0.417 e. The molecular formula is C24H20ClF5N4O4. The largest absolute Gasteiger partial charge is 0.473 e. The molecule has 5 rings (SSSR count). The van der Waals surface area contributed by atoms with Crippen LogP contribution in [-0.4, -0.2) is 35.0 Å². The van der Waals surface area contributed by atoms with E-state index in [-0.39, 0.29) is 23.8 Å². The summed E-state index contributed by atoms with van der Waals surface area (Å²) in [6.45, 7) is 1.19. The molecule has 8 nitrogen and oxygen atoms in total. The Bertz CT molecular complexity index is 1430. The van der Waals surface area contributed by atoms with E-state index in [1.54, 1.807) is 0 Å². The van der Waals surface area contributed by atoms with E-state index in [1.807, 2.05) is 4.90 Å². The Morgan fingerprint density at radius 2 is 1.87 bits per heavy atom. The van der Waals surface area contributed by atoms with Crippen LogP contribution in [-0.2, 0) is 24.1 Å². The fourth-order valence-corrected chi connectivity index (χ4v) is 4.68. The van der Waals surface area contributed by atoms with Crippen molar-refractivity contribution in [3.05, 3.63) is 74.7 Å². The Hall–Kier alpha value is -3.42. The molecule has 0 saturated carbocycles. The maximum atomic E-state index is 14.7. The SMILES string of the molecule is N[C@]12CCn3c(cc(OCc4cc(F)c(Oc5ccc(C(F)(F)F)c(Cl)c5)c(F)c4)nc3=O)N1CCOC2. The summed E-state index contributed by atoms with van der Waals surface area (Å²) in [5.41, 5.74) is 4.07. The molecule has 1 fully saturated rings. The molecule has 14 heteroatoms. The number of aromatic nitrogens is 2. The van der Waals surface area contributed by atoms with Crippen LogP contribution in [0.15, 0.2) is 41.2 Å². The van der Waals surface area contributed by atoms with E-state index in [1.165, 1.54) is 10.6 Å². The average Bonchev–Trinajstić information content (AvgIpc) is 2.84. The summed E-state index contributed by atoms with van der Waals surface area (Å²) in [7, 11) is 0. The number of nitrogens with zero attached hydrogens (tertiary/aromatic N) is 3. The molecule has 2 aliphatic heterocycles. The van der Waals surface area contributed by atoms with Gasteiger partial charge in [0.2, 0.25) is 5.88 Å². The zero-order valence-corrected chi connectivity index (χ0v) is 20.3. The molecule has 3 aromatic rings. The van der Waals surface area contributed by atoms with Crippen molar-refractivity contribution < 1.29 is 36.2 Å². The van der Waals surface area contributed by atoms with Gasteiger partial charge in [0.05, 0.1) is 23.8 Å². The van der Waals surface area contributed by atoms with Crippen molar-refractivity contribution in [2.75, 3.05) is 24.7 Å². The molecule has 0 amide bonds. The van der Waals surface area contributed by atoms with Crippen molar-refractivity contribution in [3.8, 4) is 17.4 Å². The number of anilines is 1. The third-order valence-corrected chi connectivity index (χ3v) is 6.58. The summed E-state index contributed by atoms with van der Waals surface area (Å²) in [5, 5.41) is -0.682. The fraction of sp³-hybridized carbons (Fsp3) is 0.333. The van der Waals surface area contributed by atoms with Gasteiger partial charge in [0.1, 0.15) is 23.8 Å². The first-order valence-corrected chi connectivity index (χ1v) is 11.7. The van der Waals surface area contributed by atoms with Crippen LogP contribution in [0, 0.1) is 11.6 Å². The highest BCUT2D eigenvalue weighted by Gasteiger charge is 2.41. The minimum absolute atomic E-state index is 0.0527. The molecule has 38 heavy (non-hydrogen) atoms. The highest BCUT2D eigenvalue weighted by Crippen LogP contribution is 2.38. The average molecular weight is 559 g/mol. The molecule has 2 N–H and O–H groups in total. The topological polar surface area (TPSA) is 91.8 Å². The van der Waals surface area contributed by atoms with Crippen molar-refractivity contribution in [3.63, 3.8) is 0 Å². The summed E-state index contributed by atoms with van der Waals surface area (Å²) in [5.74, 6) is -2.92. The van der Waals surface area contributed by atoms with Crippen molar-refractivity contribution in [2.24, 2.45) is 5.73 Å². The van der Waals surface area contributed by atoms with Crippen LogP contribution in [0.4, 0.5) is 27.8 Å². The van der Waals surface area contributed by atoms with Crippen LogP contribution in [0.5, 0.6) is 17.4 Å². The number of rotatable bonds is 5. The zero-order valence-electron chi connectivity index (χ0n) is 19.5. The molecule has 0 spiro atoms. The van der Waals surface area contributed by atoms with Gasteiger partial charge in [-0.3, -0.25) is 4.57 Å². The molecule has 0 radical (unpaired) electrons. The van der Waals surface area contributed by atoms with Gasteiger partial charge in [0, 0.05) is 31.6 Å². The van der Waals surface area contributed by atoms with Crippen LogP contribution in [0.1, 0.15) is 17.5 Å². The van der Waals surface area contributed by atoms with E-state index in [2.05, 4.69) is 4.98 Å². The number of morpholine rings is 1. The smallest absolute Gasteiger partial charge is 0.417 e. The van der Waals surface area contributed by atoms with Crippen LogP contribution < -0.4 is 25.8 Å². The number of ether oxygens (including phenoxy) is 3. The Labute approximate surface area is 217 Å². The Morgan fingerprint density at radius 3 is 2.55 bits per heavy atom. The summed E-state index contributed by atoms with van der Waals surface area (Å²) in [6, 6.07) is 5.76. The standard InChI is InChI=1S/C24H20ClF5N4O4/c25-16-9-14(1-2-15(16)24(28,29)30)38-21-17(26)7-13(8-18(21)27)11-37-19-10-20-33(22(35)32-19)4-3-23(31)12-36-6-5-34(20)23/h1-2,7-10H,3-6,11-12,31H2/t23-/m1/s1. The van der Waals surface area contributed by atoms with E-state index in [0.29, 0.717) is 44.6 Å². The lowest BCUT2D eigenvalue weighted by molar-refractivity contribution is -0.137. The minimum atomic E-state index is -4.69. The molecule has 0 unspecified atom stereocenters. The molecule has 202 valence electrons. The molecule has 2 aromatic carbocycles. The number of benzene rings is 2. The normalized spacial score (nSPS) is 19.1. The summed E-state index contributed by atoms with van der Waals surface area (Å²) < 4.78 is 85.6. The molecule has 2 aliphatic rings. The van der Waals surface area contributed by atoms with Gasteiger partial charge in [-0.25, -0.2) is 13.6 Å². The van der Waals surface area contributed by atoms with Crippen molar-refractivity contribution in [2.45, 2.75) is 31.4 Å². The van der Waals surface area contributed by atoms with Crippen LogP contribution >= 0.6 is 11.6 Å². The van der Waals surface area contributed by atoms with Gasteiger partial charge in [-0.05, 0) is 29.8 Å². The number of hydrogen-bond donors (Lipinski definition) is 1. The highest BCUT2D eigenvalue weighted by atomic mass is 35.5. The third kappa shape index (κ3) is 5.00. The number of halogens is 6. The summed E-state index contributed by atoms with van der Waals surface area (Å²) >= 11 is 5.64. The van der Waals surface area contributed by atoms with E-state index in [9.17, 15) is 26.7 Å². The lowest BCUT2D eigenvalue weighted by Crippen LogP contribution is -2.66. The number of nitrogens with two attached hydrogens (primary N) is 1. The number of alkyl halides is 3. The highest BCUT2D eigenvalue weighted by molar-refractivity contribution is 6.31. The first-order chi connectivity index (χ1) is 17.9. The van der Waals surface area contributed by atoms with Gasteiger partial charge >= 0.3 is 11.9 Å². The Morgan fingerprint density at radius 1 is 1.13 bits per heavy atom. The first-order valence-electron chi connectivity index (χ1n) is 11.4. The van der Waals surface area contributed by atoms with Gasteiger partial charge in [-0.1, -0.05) is 11.6 Å². The molecule has 0 bridgehead atoms. The van der Waals surface area contributed by atoms with Crippen LogP contribution in [0.25, 0.3) is 0 Å². The van der Waals surface area contributed by atoms with Crippen LogP contribution in [0.3, 0.4) is 0 Å². The second-order valence-electron chi connectivity index (χ2n) is 8.86. The Balaban J connectivity index is 1.33. The Kier molecular flexibility index (Phi) is 6.70. The van der Waals surface area contributed by atoms with Gasteiger partial charge in [0.15, 0.2) is 17.4 Å². The predicted octanol–water partition coefficient (Wildman–Crippen LogP) is 4.46. The fourth-order valence-electron chi connectivity index (χ4n) is 4.40. The number of hydrogen-bond acceptors (Lipinski definition) is 7. The van der Waals surface area contributed by atoms with E-state index >= 15 is 0 Å². The predicted molar refractivity (Wildman–Crippen MR) is 125 cm³/mol. The van der Waals surface area contributed by atoms with E-state index in [0.717, 1.165) is 24.3 Å². The third-order valence-electron chi connectivity index (χ3n) is 6.27. The lowest BCUT2D eigenvalue weighted by atomic mass is 10.0. The molecule has 1 aromatic heterocycles. The number of fused-ring (bicyclic) bond motifs is 3. The van der Waals surface area contributed by atoms with Crippen molar-refractivity contribution in [1.29, 1.82) is 0 Å². The van der Waals surface area contributed by atoms with Crippen molar-refractivity contribution >= 4 is 17.4 Å². The molecular weight excluding hydrogens is 539 g/mol. The summed E-state index contributed by atoms with van der Waals surface area (Å²) in [4.78, 5) is 18.3. The van der Waals surface area contributed by atoms with E-state index in [4.69, 9.17) is 31.5 Å². The van der Waals surface area contributed by atoms with Gasteiger partial charge in [0.25, 0.3) is 0 Å². The minimum Gasteiger partial charge on any atom is -0.473 e.